The monoisotopic (exact) mass is 283 g/mol. The summed E-state index contributed by atoms with van der Waals surface area (Å²) in [5.41, 5.74) is -0.784. The standard InChI is InChI=1S/C12H8F3N3O2/c13-7-5-9(14)11(10(15)6-7)17-12(19)16-8-1-3-18(20)4-2-8/h1-6,20H,(H,17,19). The average molecular weight is 283 g/mol. The van der Waals surface area contributed by atoms with Crippen molar-refractivity contribution in [1.82, 2.24) is 4.73 Å². The number of hydrogen-bond donors (Lipinski definition) is 2. The molecule has 0 spiro atoms. The number of aromatic nitrogens is 1. The lowest BCUT2D eigenvalue weighted by Crippen LogP contribution is -2.15. The Morgan fingerprint density at radius 2 is 1.70 bits per heavy atom. The molecule has 5 nitrogen and oxygen atoms in total. The number of anilines is 1. The van der Waals surface area contributed by atoms with Crippen LogP contribution in [-0.4, -0.2) is 16.0 Å². The lowest BCUT2D eigenvalue weighted by Gasteiger charge is -2.04. The maximum Gasteiger partial charge on any atom is 0.346 e. The van der Waals surface area contributed by atoms with Gasteiger partial charge in [-0.2, -0.15) is 4.99 Å². The van der Waals surface area contributed by atoms with Gasteiger partial charge in [-0.15, -0.1) is 0 Å². The van der Waals surface area contributed by atoms with Gasteiger partial charge in [0.25, 0.3) is 0 Å². The van der Waals surface area contributed by atoms with Gasteiger partial charge in [0, 0.05) is 24.5 Å². The second kappa shape index (κ2) is 5.47. The number of carbonyl (C=O) groups excluding carboxylic acids is 1. The summed E-state index contributed by atoms with van der Waals surface area (Å²) in [6, 6.07) is 2.45. The van der Waals surface area contributed by atoms with Crippen LogP contribution in [0.3, 0.4) is 0 Å². The van der Waals surface area contributed by atoms with Crippen molar-refractivity contribution in [2.75, 3.05) is 5.32 Å². The van der Waals surface area contributed by atoms with Crippen molar-refractivity contribution >= 4 is 11.7 Å². The molecule has 104 valence electrons. The van der Waals surface area contributed by atoms with Gasteiger partial charge >= 0.3 is 6.03 Å². The van der Waals surface area contributed by atoms with Crippen LogP contribution >= 0.6 is 0 Å². The first-order chi connectivity index (χ1) is 9.45. The molecule has 1 aromatic carbocycles. The minimum Gasteiger partial charge on any atom is -0.429 e. The van der Waals surface area contributed by atoms with Crippen molar-refractivity contribution in [3.8, 4) is 0 Å². The number of hydrogen-bond acceptors (Lipinski definition) is 2. The molecule has 0 atom stereocenters. The molecule has 0 saturated carbocycles. The summed E-state index contributed by atoms with van der Waals surface area (Å²) in [4.78, 5) is 15.0. The lowest BCUT2D eigenvalue weighted by atomic mass is 10.3. The second-order valence-corrected chi connectivity index (χ2v) is 3.72. The van der Waals surface area contributed by atoms with Crippen LogP contribution in [0, 0.1) is 17.5 Å². The molecule has 0 fully saturated rings. The molecule has 2 amide bonds. The van der Waals surface area contributed by atoms with Crippen molar-refractivity contribution in [2.24, 2.45) is 4.99 Å². The highest BCUT2D eigenvalue weighted by Gasteiger charge is 2.13. The van der Waals surface area contributed by atoms with Crippen LogP contribution in [0.4, 0.5) is 23.7 Å². The van der Waals surface area contributed by atoms with Gasteiger partial charge in [0.05, 0.1) is 5.36 Å². The van der Waals surface area contributed by atoms with Crippen LogP contribution < -0.4 is 10.7 Å². The molecule has 0 radical (unpaired) electrons. The van der Waals surface area contributed by atoms with Gasteiger partial charge in [0.15, 0.2) is 11.6 Å². The molecule has 0 aliphatic carbocycles. The third-order valence-electron chi connectivity index (χ3n) is 2.27. The van der Waals surface area contributed by atoms with Crippen LogP contribution in [0.5, 0.6) is 0 Å². The van der Waals surface area contributed by atoms with E-state index in [1.165, 1.54) is 24.5 Å². The van der Waals surface area contributed by atoms with Gasteiger partial charge in [0.2, 0.25) is 0 Å². The molecule has 1 aromatic heterocycles. The third kappa shape index (κ3) is 3.16. The number of urea groups is 1. The van der Waals surface area contributed by atoms with Gasteiger partial charge in [-0.05, 0) is 12.1 Å². The van der Waals surface area contributed by atoms with Crippen molar-refractivity contribution < 1.29 is 23.2 Å². The predicted octanol–water partition coefficient (Wildman–Crippen LogP) is 2.28. The van der Waals surface area contributed by atoms with E-state index in [1.54, 1.807) is 0 Å². The molecule has 0 bridgehead atoms. The summed E-state index contributed by atoms with van der Waals surface area (Å²) in [6.45, 7) is 0. The maximum atomic E-state index is 13.3. The summed E-state index contributed by atoms with van der Waals surface area (Å²) in [5, 5.41) is 11.0. The average Bonchev–Trinajstić information content (AvgIpc) is 2.36. The first-order valence-electron chi connectivity index (χ1n) is 5.33. The maximum absolute atomic E-state index is 13.3. The highest BCUT2D eigenvalue weighted by Crippen LogP contribution is 2.20. The van der Waals surface area contributed by atoms with Crippen molar-refractivity contribution in [1.29, 1.82) is 0 Å². The molecule has 0 aliphatic rings. The highest BCUT2D eigenvalue weighted by atomic mass is 19.1. The van der Waals surface area contributed by atoms with Crippen molar-refractivity contribution in [3.05, 3.63) is 59.5 Å². The molecule has 2 rings (SSSR count). The first kappa shape index (κ1) is 13.7. The van der Waals surface area contributed by atoms with Crippen LogP contribution in [0.2, 0.25) is 0 Å². The van der Waals surface area contributed by atoms with E-state index >= 15 is 0 Å². The zero-order valence-corrected chi connectivity index (χ0v) is 9.85. The van der Waals surface area contributed by atoms with E-state index in [0.717, 1.165) is 4.73 Å². The third-order valence-corrected chi connectivity index (χ3v) is 2.27. The minimum absolute atomic E-state index is 0.163. The Labute approximate surface area is 110 Å². The topological polar surface area (TPSA) is 66.6 Å². The molecule has 20 heavy (non-hydrogen) atoms. The minimum atomic E-state index is -1.24. The van der Waals surface area contributed by atoms with E-state index in [0.29, 0.717) is 12.1 Å². The Morgan fingerprint density at radius 1 is 1.15 bits per heavy atom. The van der Waals surface area contributed by atoms with E-state index in [4.69, 9.17) is 5.21 Å². The van der Waals surface area contributed by atoms with E-state index in [-0.39, 0.29) is 5.36 Å². The number of carbonyl (C=O) groups is 1. The number of rotatable bonds is 1. The molecule has 1 heterocycles. The molecule has 2 aromatic rings. The molecular formula is C12H8F3N3O2. The summed E-state index contributed by atoms with van der Waals surface area (Å²) in [7, 11) is 0. The van der Waals surface area contributed by atoms with Gasteiger partial charge in [0.1, 0.15) is 11.5 Å². The van der Waals surface area contributed by atoms with Crippen LogP contribution in [0.1, 0.15) is 0 Å². The van der Waals surface area contributed by atoms with Crippen molar-refractivity contribution in [3.63, 3.8) is 0 Å². The van der Waals surface area contributed by atoms with Crippen LogP contribution in [0.15, 0.2) is 41.7 Å². The summed E-state index contributed by atoms with van der Waals surface area (Å²) >= 11 is 0. The Bertz CT molecular complexity index is 685. The Kier molecular flexibility index (Phi) is 3.74. The fourth-order valence-electron chi connectivity index (χ4n) is 1.40. The molecular weight excluding hydrogens is 275 g/mol. The fourth-order valence-corrected chi connectivity index (χ4v) is 1.40. The van der Waals surface area contributed by atoms with Gasteiger partial charge in [-0.1, -0.05) is 0 Å². The zero-order valence-electron chi connectivity index (χ0n) is 9.85. The summed E-state index contributed by atoms with van der Waals surface area (Å²) in [5.74, 6) is -3.58. The van der Waals surface area contributed by atoms with E-state index < -0.39 is 29.2 Å². The van der Waals surface area contributed by atoms with E-state index in [9.17, 15) is 18.0 Å². The van der Waals surface area contributed by atoms with Crippen LogP contribution in [0.25, 0.3) is 0 Å². The Morgan fingerprint density at radius 3 is 2.25 bits per heavy atom. The fraction of sp³-hybridized carbons (Fsp3) is 0. The Hall–Kier alpha value is -2.77. The highest BCUT2D eigenvalue weighted by molar-refractivity contribution is 5.90. The smallest absolute Gasteiger partial charge is 0.346 e. The quantitative estimate of drug-likeness (QED) is 0.788. The predicted molar refractivity (Wildman–Crippen MR) is 62.5 cm³/mol. The second-order valence-electron chi connectivity index (χ2n) is 3.72. The van der Waals surface area contributed by atoms with E-state index in [1.807, 2.05) is 5.32 Å². The van der Waals surface area contributed by atoms with Crippen molar-refractivity contribution in [2.45, 2.75) is 0 Å². The lowest BCUT2D eigenvalue weighted by molar-refractivity contribution is 0.184. The van der Waals surface area contributed by atoms with Gasteiger partial charge < -0.3 is 10.5 Å². The number of amides is 2. The van der Waals surface area contributed by atoms with Crippen LogP contribution in [-0.2, 0) is 0 Å². The van der Waals surface area contributed by atoms with E-state index in [2.05, 4.69) is 4.99 Å². The zero-order chi connectivity index (χ0) is 14.7. The normalized spacial score (nSPS) is 10.2. The molecule has 2 N–H and O–H groups in total. The Balaban J connectivity index is 2.25. The SMILES string of the molecule is O=C(N=c1ccn(O)cc1)Nc1c(F)cc(F)cc1F. The largest absolute Gasteiger partial charge is 0.429 e. The molecule has 0 saturated heterocycles. The van der Waals surface area contributed by atoms with Gasteiger partial charge in [-0.3, -0.25) is 0 Å². The number of benzene rings is 1. The number of pyridine rings is 1. The number of nitrogens with one attached hydrogen (secondary N) is 1. The van der Waals surface area contributed by atoms with Gasteiger partial charge in [-0.25, -0.2) is 22.7 Å². The molecule has 8 heteroatoms. The summed E-state index contributed by atoms with van der Waals surface area (Å²) in [6.07, 6.45) is 2.43. The first-order valence-corrected chi connectivity index (χ1v) is 5.33. The number of halogens is 3. The number of nitrogens with zero attached hydrogens (tertiary/aromatic N) is 2. The molecule has 0 unspecified atom stereocenters. The summed E-state index contributed by atoms with van der Waals surface area (Å²) < 4.78 is 40.0. The molecule has 0 aliphatic heterocycles.